The van der Waals surface area contributed by atoms with Gasteiger partial charge in [0.15, 0.2) is 0 Å². The molecule has 0 saturated carbocycles. The van der Waals surface area contributed by atoms with Gasteiger partial charge in [0, 0.05) is 25.8 Å². The van der Waals surface area contributed by atoms with E-state index in [4.69, 9.17) is 19.9 Å². The first-order chi connectivity index (χ1) is 9.15. The summed E-state index contributed by atoms with van der Waals surface area (Å²) in [5.41, 5.74) is 5.58. The van der Waals surface area contributed by atoms with Gasteiger partial charge in [0.1, 0.15) is 5.75 Å². The van der Waals surface area contributed by atoms with E-state index in [2.05, 4.69) is 0 Å². The Kier molecular flexibility index (Phi) is 7.14. The highest BCUT2D eigenvalue weighted by atomic mass is 19.3. The van der Waals surface area contributed by atoms with Gasteiger partial charge in [0.2, 0.25) is 0 Å². The van der Waals surface area contributed by atoms with Crippen molar-refractivity contribution in [3.8, 4) is 5.75 Å². The summed E-state index contributed by atoms with van der Waals surface area (Å²) in [4.78, 5) is 0. The van der Waals surface area contributed by atoms with E-state index in [0.717, 1.165) is 0 Å². The van der Waals surface area contributed by atoms with Crippen LogP contribution in [0.5, 0.6) is 5.75 Å². The van der Waals surface area contributed by atoms with Crippen molar-refractivity contribution in [1.82, 2.24) is 0 Å². The lowest BCUT2D eigenvalue weighted by atomic mass is 10.2. The number of nitrogen functional groups attached to an aromatic ring is 1. The van der Waals surface area contributed by atoms with Gasteiger partial charge in [0.05, 0.1) is 25.4 Å². The van der Waals surface area contributed by atoms with Crippen molar-refractivity contribution in [2.75, 3.05) is 39.3 Å². The van der Waals surface area contributed by atoms with E-state index in [1.165, 1.54) is 18.2 Å². The molecule has 108 valence electrons. The molecule has 0 unspecified atom stereocenters. The Hall–Kier alpha value is -1.40. The topological polar surface area (TPSA) is 53.7 Å². The first-order valence-corrected chi connectivity index (χ1v) is 6.02. The van der Waals surface area contributed by atoms with Crippen molar-refractivity contribution in [2.45, 2.75) is 12.8 Å². The maximum atomic E-state index is 12.7. The summed E-state index contributed by atoms with van der Waals surface area (Å²) in [5, 5.41) is 0. The summed E-state index contributed by atoms with van der Waals surface area (Å²) >= 11 is 0. The van der Waals surface area contributed by atoms with Gasteiger partial charge in [-0.25, -0.2) is 8.78 Å². The molecule has 4 nitrogen and oxygen atoms in total. The summed E-state index contributed by atoms with van der Waals surface area (Å²) in [5.74, 6) is 0.168. The van der Waals surface area contributed by atoms with Crippen molar-refractivity contribution in [1.29, 1.82) is 0 Å². The molecule has 0 aliphatic rings. The van der Waals surface area contributed by atoms with Gasteiger partial charge in [-0.15, -0.1) is 0 Å². The van der Waals surface area contributed by atoms with Crippen molar-refractivity contribution >= 4 is 5.69 Å². The largest absolute Gasteiger partial charge is 0.493 e. The minimum Gasteiger partial charge on any atom is -0.493 e. The molecule has 0 aromatic heterocycles. The van der Waals surface area contributed by atoms with Crippen LogP contribution in [0.2, 0.25) is 0 Å². The Morgan fingerprint density at radius 3 is 2.63 bits per heavy atom. The summed E-state index contributed by atoms with van der Waals surface area (Å²) in [6, 6.07) is 4.23. The Morgan fingerprint density at radius 1 is 1.16 bits per heavy atom. The number of anilines is 1. The highest BCUT2D eigenvalue weighted by molar-refractivity contribution is 5.48. The fraction of sp³-hybridized carbons (Fsp3) is 0.538. The second-order valence-corrected chi connectivity index (χ2v) is 3.91. The van der Waals surface area contributed by atoms with Crippen molar-refractivity contribution in [2.24, 2.45) is 0 Å². The van der Waals surface area contributed by atoms with Gasteiger partial charge < -0.3 is 19.9 Å². The van der Waals surface area contributed by atoms with Crippen LogP contribution in [0.25, 0.3) is 0 Å². The van der Waals surface area contributed by atoms with Crippen LogP contribution in [-0.4, -0.2) is 33.5 Å². The number of rotatable bonds is 9. The van der Waals surface area contributed by atoms with Gasteiger partial charge in [-0.05, 0) is 18.2 Å². The Morgan fingerprint density at radius 2 is 1.95 bits per heavy atom. The number of hydrogen-bond donors (Lipinski definition) is 1. The number of benzene rings is 1. The summed E-state index contributed by atoms with van der Waals surface area (Å²) in [6.07, 6.45) is -1.98. The molecular weight excluding hydrogens is 256 g/mol. The first-order valence-electron chi connectivity index (χ1n) is 6.02. The Bertz CT molecular complexity index is 375. The quantitative estimate of drug-likeness (QED) is 0.556. The number of methoxy groups -OCH3 is 1. The van der Waals surface area contributed by atoms with Crippen molar-refractivity contribution in [3.05, 3.63) is 23.8 Å². The maximum absolute atomic E-state index is 12.7. The van der Waals surface area contributed by atoms with E-state index in [1.54, 1.807) is 7.11 Å². The van der Waals surface area contributed by atoms with E-state index in [0.29, 0.717) is 38.5 Å². The fourth-order valence-corrected chi connectivity index (χ4v) is 1.46. The molecule has 0 radical (unpaired) electrons. The molecule has 2 N–H and O–H groups in total. The normalized spacial score (nSPS) is 10.9. The molecule has 0 bridgehead atoms. The monoisotopic (exact) mass is 275 g/mol. The maximum Gasteiger partial charge on any atom is 0.267 e. The number of alkyl halides is 2. The van der Waals surface area contributed by atoms with Crippen LogP contribution in [0.3, 0.4) is 0 Å². The molecule has 0 aliphatic carbocycles. The highest BCUT2D eigenvalue weighted by Crippen LogP contribution is 2.30. The fourth-order valence-electron chi connectivity index (χ4n) is 1.46. The van der Waals surface area contributed by atoms with Crippen LogP contribution in [-0.2, 0) is 9.47 Å². The number of halogens is 2. The third-order valence-corrected chi connectivity index (χ3v) is 2.39. The zero-order valence-corrected chi connectivity index (χ0v) is 10.9. The Labute approximate surface area is 111 Å². The van der Waals surface area contributed by atoms with Crippen LogP contribution >= 0.6 is 0 Å². The van der Waals surface area contributed by atoms with Crippen molar-refractivity contribution in [3.63, 3.8) is 0 Å². The van der Waals surface area contributed by atoms with E-state index < -0.39 is 6.43 Å². The van der Waals surface area contributed by atoms with E-state index in [1.807, 2.05) is 0 Å². The third kappa shape index (κ3) is 5.85. The van der Waals surface area contributed by atoms with E-state index in [-0.39, 0.29) is 11.3 Å². The second kappa shape index (κ2) is 8.66. The number of nitrogens with two attached hydrogens (primary N) is 1. The number of hydrogen-bond acceptors (Lipinski definition) is 4. The lowest BCUT2D eigenvalue weighted by molar-refractivity contribution is 0.0640. The summed E-state index contributed by atoms with van der Waals surface area (Å²) < 4.78 is 40.9. The van der Waals surface area contributed by atoms with Gasteiger partial charge in [0.25, 0.3) is 6.43 Å². The predicted molar refractivity (Wildman–Crippen MR) is 68.6 cm³/mol. The van der Waals surface area contributed by atoms with Gasteiger partial charge >= 0.3 is 0 Å². The summed E-state index contributed by atoms with van der Waals surface area (Å²) in [7, 11) is 1.60. The van der Waals surface area contributed by atoms with E-state index in [9.17, 15) is 8.78 Å². The first kappa shape index (κ1) is 15.7. The molecule has 0 amide bonds. The predicted octanol–water partition coefficient (Wildman–Crippen LogP) is 2.64. The molecule has 0 atom stereocenters. The molecule has 0 aliphatic heterocycles. The Balaban J connectivity index is 2.33. The smallest absolute Gasteiger partial charge is 0.267 e. The van der Waals surface area contributed by atoms with Crippen LogP contribution in [0, 0.1) is 0 Å². The molecule has 0 heterocycles. The molecular formula is C13H19F2NO3. The lowest BCUT2D eigenvalue weighted by Gasteiger charge is -2.11. The number of ether oxygens (including phenoxy) is 3. The average molecular weight is 275 g/mol. The highest BCUT2D eigenvalue weighted by Gasteiger charge is 2.14. The zero-order chi connectivity index (χ0) is 14.1. The molecule has 0 spiro atoms. The van der Waals surface area contributed by atoms with Crippen LogP contribution in [0.15, 0.2) is 18.2 Å². The van der Waals surface area contributed by atoms with Gasteiger partial charge in [-0.1, -0.05) is 0 Å². The SMILES string of the molecule is COCCOCCCOc1ccc(N)cc1C(F)F. The third-order valence-electron chi connectivity index (χ3n) is 2.39. The zero-order valence-electron chi connectivity index (χ0n) is 10.9. The van der Waals surface area contributed by atoms with Crippen molar-refractivity contribution < 1.29 is 23.0 Å². The molecule has 1 aromatic carbocycles. The molecule has 0 fully saturated rings. The van der Waals surface area contributed by atoms with Gasteiger partial charge in [-0.3, -0.25) is 0 Å². The molecule has 0 saturated heterocycles. The minimum absolute atomic E-state index is 0.168. The lowest BCUT2D eigenvalue weighted by Crippen LogP contribution is -2.07. The average Bonchev–Trinajstić information content (AvgIpc) is 2.39. The van der Waals surface area contributed by atoms with Crippen LogP contribution < -0.4 is 10.5 Å². The van der Waals surface area contributed by atoms with E-state index >= 15 is 0 Å². The van der Waals surface area contributed by atoms with Gasteiger partial charge in [-0.2, -0.15) is 0 Å². The standard InChI is InChI=1S/C13H19F2NO3/c1-17-7-8-18-5-2-6-19-12-4-3-10(16)9-11(12)13(14)15/h3-4,9,13H,2,5-8,16H2,1H3. The summed E-state index contributed by atoms with van der Waals surface area (Å²) in [6.45, 7) is 1.87. The molecule has 1 rings (SSSR count). The molecule has 1 aromatic rings. The molecule has 6 heteroatoms. The second-order valence-electron chi connectivity index (χ2n) is 3.91. The van der Waals surface area contributed by atoms with Crippen LogP contribution in [0.1, 0.15) is 18.4 Å². The van der Waals surface area contributed by atoms with Crippen LogP contribution in [0.4, 0.5) is 14.5 Å². The molecule has 19 heavy (non-hydrogen) atoms. The minimum atomic E-state index is -2.60.